The number of rotatable bonds is 5. The molecule has 0 atom stereocenters. The topological polar surface area (TPSA) is 71.2 Å². The highest BCUT2D eigenvalue weighted by atomic mass is 35.5. The van der Waals surface area contributed by atoms with E-state index in [1.807, 2.05) is 24.3 Å². The number of aromatic nitrogens is 1. The maximum atomic E-state index is 12.2. The van der Waals surface area contributed by atoms with Crippen molar-refractivity contribution in [3.63, 3.8) is 0 Å². The highest BCUT2D eigenvalue weighted by Crippen LogP contribution is 2.19. The maximum Gasteiger partial charge on any atom is 0.305 e. The first-order valence-electron chi connectivity index (χ1n) is 7.49. The van der Waals surface area contributed by atoms with Crippen molar-refractivity contribution in [3.05, 3.63) is 79.4 Å². The van der Waals surface area contributed by atoms with Gasteiger partial charge in [-0.2, -0.15) is 0 Å². The highest BCUT2D eigenvalue weighted by Gasteiger charge is 2.13. The van der Waals surface area contributed by atoms with E-state index >= 15 is 0 Å². The normalized spacial score (nSPS) is 10.5. The molecule has 3 aromatic rings. The standard InChI is InChI=1S/C18H15ClN2O3S/c1-11-16(25-18(23)20-11)17(22)21-14-6-8-15(9-7-14)24-10-12-2-4-13(19)5-3-12/h2-9H,10H2,1H3,(H,20,23)(H,21,22). The number of aromatic amines is 1. The van der Waals surface area contributed by atoms with E-state index in [9.17, 15) is 9.59 Å². The van der Waals surface area contributed by atoms with E-state index in [-0.39, 0.29) is 10.8 Å². The van der Waals surface area contributed by atoms with Crippen LogP contribution in [0.1, 0.15) is 20.9 Å². The summed E-state index contributed by atoms with van der Waals surface area (Å²) in [6.45, 7) is 2.12. The van der Waals surface area contributed by atoms with E-state index in [4.69, 9.17) is 16.3 Å². The van der Waals surface area contributed by atoms with Crippen molar-refractivity contribution in [3.8, 4) is 5.75 Å². The monoisotopic (exact) mass is 374 g/mol. The van der Waals surface area contributed by atoms with Crippen molar-refractivity contribution in [2.75, 3.05) is 5.32 Å². The summed E-state index contributed by atoms with van der Waals surface area (Å²) in [4.78, 5) is 26.2. The summed E-state index contributed by atoms with van der Waals surface area (Å²) in [5.74, 6) is 0.381. The predicted octanol–water partition coefficient (Wildman–Crippen LogP) is 4.23. The molecule has 0 saturated heterocycles. The molecule has 0 spiro atoms. The molecule has 0 aliphatic carbocycles. The van der Waals surface area contributed by atoms with Crippen molar-refractivity contribution in [2.24, 2.45) is 0 Å². The molecule has 2 N–H and O–H groups in total. The van der Waals surface area contributed by atoms with Crippen LogP contribution in [0.3, 0.4) is 0 Å². The maximum absolute atomic E-state index is 12.2. The van der Waals surface area contributed by atoms with Crippen molar-refractivity contribution >= 4 is 34.5 Å². The third-order valence-electron chi connectivity index (χ3n) is 3.46. The molecule has 1 amide bonds. The van der Waals surface area contributed by atoms with Crippen LogP contribution in [-0.4, -0.2) is 10.9 Å². The number of benzene rings is 2. The Kier molecular flexibility index (Phi) is 5.21. The first kappa shape index (κ1) is 17.3. The number of amides is 1. The Hall–Kier alpha value is -2.57. The summed E-state index contributed by atoms with van der Waals surface area (Å²) in [7, 11) is 0. The summed E-state index contributed by atoms with van der Waals surface area (Å²) < 4.78 is 5.70. The molecule has 0 saturated carbocycles. The molecule has 0 aliphatic rings. The number of halogens is 1. The van der Waals surface area contributed by atoms with Gasteiger partial charge in [-0.05, 0) is 48.9 Å². The molecule has 1 heterocycles. The number of ether oxygens (including phenoxy) is 1. The highest BCUT2D eigenvalue weighted by molar-refractivity contribution is 7.11. The minimum atomic E-state index is -0.310. The van der Waals surface area contributed by atoms with Gasteiger partial charge in [0, 0.05) is 16.4 Å². The fourth-order valence-electron chi connectivity index (χ4n) is 2.19. The number of aryl methyl sites for hydroxylation is 1. The largest absolute Gasteiger partial charge is 0.489 e. The zero-order valence-electron chi connectivity index (χ0n) is 13.3. The second kappa shape index (κ2) is 7.55. The van der Waals surface area contributed by atoms with Gasteiger partial charge >= 0.3 is 4.87 Å². The molecule has 0 unspecified atom stereocenters. The van der Waals surface area contributed by atoms with Crippen LogP contribution in [0.5, 0.6) is 5.75 Å². The lowest BCUT2D eigenvalue weighted by Gasteiger charge is -2.08. The molecule has 5 nitrogen and oxygen atoms in total. The average Bonchev–Trinajstić information content (AvgIpc) is 2.94. The number of hydrogen-bond acceptors (Lipinski definition) is 4. The smallest absolute Gasteiger partial charge is 0.305 e. The Morgan fingerprint density at radius 3 is 2.44 bits per heavy atom. The second-order valence-electron chi connectivity index (χ2n) is 5.36. The van der Waals surface area contributed by atoms with Crippen LogP contribution in [-0.2, 0) is 6.61 Å². The Morgan fingerprint density at radius 1 is 1.16 bits per heavy atom. The summed E-state index contributed by atoms with van der Waals surface area (Å²) in [6, 6.07) is 14.5. The van der Waals surface area contributed by atoms with Gasteiger partial charge in [0.2, 0.25) is 0 Å². The van der Waals surface area contributed by atoms with E-state index in [1.165, 1.54) is 0 Å². The lowest BCUT2D eigenvalue weighted by Crippen LogP contribution is -2.11. The van der Waals surface area contributed by atoms with Crippen LogP contribution in [0.15, 0.2) is 53.3 Å². The number of carbonyl (C=O) groups is 1. The molecule has 0 radical (unpaired) electrons. The Balaban J connectivity index is 1.60. The minimum absolute atomic E-state index is 0.242. The molecule has 25 heavy (non-hydrogen) atoms. The summed E-state index contributed by atoms with van der Waals surface area (Å²) >= 11 is 6.74. The first-order valence-corrected chi connectivity index (χ1v) is 8.69. The van der Waals surface area contributed by atoms with Crippen molar-refractivity contribution in [1.29, 1.82) is 0 Å². The van der Waals surface area contributed by atoms with Crippen LogP contribution in [0.4, 0.5) is 5.69 Å². The molecule has 7 heteroatoms. The van der Waals surface area contributed by atoms with E-state index in [1.54, 1.807) is 31.2 Å². The zero-order valence-corrected chi connectivity index (χ0v) is 14.9. The lowest BCUT2D eigenvalue weighted by molar-refractivity contribution is 0.103. The van der Waals surface area contributed by atoms with Gasteiger partial charge in [-0.3, -0.25) is 9.59 Å². The van der Waals surface area contributed by atoms with Crippen LogP contribution < -0.4 is 14.9 Å². The molecule has 0 bridgehead atoms. The lowest BCUT2D eigenvalue weighted by atomic mass is 10.2. The van der Waals surface area contributed by atoms with Crippen LogP contribution in [0.2, 0.25) is 5.02 Å². The number of thiazole rings is 1. The third kappa shape index (κ3) is 4.49. The number of H-pyrrole nitrogens is 1. The van der Waals surface area contributed by atoms with E-state index in [0.29, 0.717) is 33.6 Å². The number of nitrogens with one attached hydrogen (secondary N) is 2. The van der Waals surface area contributed by atoms with Crippen LogP contribution >= 0.6 is 22.9 Å². The van der Waals surface area contributed by atoms with Crippen LogP contribution in [0, 0.1) is 6.92 Å². The summed E-state index contributed by atoms with van der Waals surface area (Å²) in [5.41, 5.74) is 2.21. The molecule has 128 valence electrons. The third-order valence-corrected chi connectivity index (χ3v) is 4.70. The Labute approximate surface area is 153 Å². The van der Waals surface area contributed by atoms with E-state index in [0.717, 1.165) is 16.9 Å². The summed E-state index contributed by atoms with van der Waals surface area (Å²) in [6.07, 6.45) is 0. The zero-order chi connectivity index (χ0) is 17.8. The fraction of sp³-hybridized carbons (Fsp3) is 0.111. The van der Waals surface area contributed by atoms with Crippen molar-refractivity contribution in [1.82, 2.24) is 4.98 Å². The van der Waals surface area contributed by atoms with E-state index < -0.39 is 0 Å². The van der Waals surface area contributed by atoms with Gasteiger partial charge in [0.05, 0.1) is 0 Å². The molecule has 0 fully saturated rings. The van der Waals surface area contributed by atoms with Gasteiger partial charge in [0.1, 0.15) is 17.2 Å². The Bertz CT molecular complexity index is 930. The molecule has 0 aliphatic heterocycles. The van der Waals surface area contributed by atoms with E-state index in [2.05, 4.69) is 10.3 Å². The molecule has 3 rings (SSSR count). The number of hydrogen-bond donors (Lipinski definition) is 2. The van der Waals surface area contributed by atoms with Gasteiger partial charge in [0.15, 0.2) is 0 Å². The second-order valence-corrected chi connectivity index (χ2v) is 6.78. The van der Waals surface area contributed by atoms with Gasteiger partial charge in [-0.25, -0.2) is 0 Å². The van der Waals surface area contributed by atoms with Crippen molar-refractivity contribution in [2.45, 2.75) is 13.5 Å². The molecule has 2 aromatic carbocycles. The minimum Gasteiger partial charge on any atom is -0.489 e. The number of anilines is 1. The van der Waals surface area contributed by atoms with Gasteiger partial charge < -0.3 is 15.0 Å². The fourth-order valence-corrected chi connectivity index (χ4v) is 3.05. The quantitative estimate of drug-likeness (QED) is 0.702. The van der Waals surface area contributed by atoms with Gasteiger partial charge in [-0.15, -0.1) is 0 Å². The number of carbonyl (C=O) groups excluding carboxylic acids is 1. The predicted molar refractivity (Wildman–Crippen MR) is 99.9 cm³/mol. The van der Waals surface area contributed by atoms with Crippen molar-refractivity contribution < 1.29 is 9.53 Å². The average molecular weight is 375 g/mol. The Morgan fingerprint density at radius 2 is 1.84 bits per heavy atom. The summed E-state index contributed by atoms with van der Waals surface area (Å²) in [5, 5.41) is 3.45. The SMILES string of the molecule is Cc1[nH]c(=O)sc1C(=O)Nc1ccc(OCc2ccc(Cl)cc2)cc1. The van der Waals surface area contributed by atoms with Gasteiger partial charge in [-0.1, -0.05) is 35.1 Å². The first-order chi connectivity index (χ1) is 12.0. The van der Waals surface area contributed by atoms with Crippen LogP contribution in [0.25, 0.3) is 0 Å². The van der Waals surface area contributed by atoms with Gasteiger partial charge in [0.25, 0.3) is 5.91 Å². The molecule has 1 aromatic heterocycles. The molecular formula is C18H15ClN2O3S. The molecular weight excluding hydrogens is 360 g/mol.